The van der Waals surface area contributed by atoms with E-state index in [9.17, 15) is 9.18 Å². The Kier molecular flexibility index (Phi) is 6.99. The Bertz CT molecular complexity index is 1960. The van der Waals surface area contributed by atoms with Crippen molar-refractivity contribution in [2.24, 2.45) is 5.92 Å². The molecule has 10 nitrogen and oxygen atoms in total. The summed E-state index contributed by atoms with van der Waals surface area (Å²) in [5.74, 6) is 0.454. The number of nitrogens with zero attached hydrogens (tertiary/aromatic N) is 4. The van der Waals surface area contributed by atoms with Crippen LogP contribution in [0.15, 0.2) is 67.3 Å². The van der Waals surface area contributed by atoms with Crippen LogP contribution in [0.4, 0.5) is 10.1 Å². The number of halogens is 1. The van der Waals surface area contributed by atoms with Crippen LogP contribution in [0, 0.1) is 11.7 Å². The number of aromatic nitrogens is 6. The first-order valence-corrected chi connectivity index (χ1v) is 14.2. The number of rotatable bonds is 7. The number of H-pyrrole nitrogens is 2. The van der Waals surface area contributed by atoms with Gasteiger partial charge >= 0.3 is 0 Å². The lowest BCUT2D eigenvalue weighted by Crippen LogP contribution is -2.30. The molecular formula is C32H29FN8O2. The number of anilines is 1. The summed E-state index contributed by atoms with van der Waals surface area (Å²) in [4.78, 5) is 29.5. The van der Waals surface area contributed by atoms with Crippen molar-refractivity contribution in [1.82, 2.24) is 35.5 Å². The van der Waals surface area contributed by atoms with Gasteiger partial charge in [-0.3, -0.25) is 14.9 Å². The lowest BCUT2D eigenvalue weighted by Gasteiger charge is -2.21. The molecule has 4 N–H and O–H groups in total. The van der Waals surface area contributed by atoms with Gasteiger partial charge in [0.15, 0.2) is 5.65 Å². The first kappa shape index (κ1) is 26.7. The van der Waals surface area contributed by atoms with Crippen molar-refractivity contribution >= 4 is 33.7 Å². The molecule has 0 atom stereocenters. The van der Waals surface area contributed by atoms with Gasteiger partial charge in [0, 0.05) is 53.0 Å². The molecule has 0 unspecified atom stereocenters. The highest BCUT2D eigenvalue weighted by atomic mass is 19.1. The summed E-state index contributed by atoms with van der Waals surface area (Å²) in [6.07, 6.45) is 9.37. The van der Waals surface area contributed by atoms with Gasteiger partial charge in [-0.25, -0.2) is 14.4 Å². The van der Waals surface area contributed by atoms with Crippen molar-refractivity contribution in [2.45, 2.75) is 19.3 Å². The molecule has 1 fully saturated rings. The van der Waals surface area contributed by atoms with Crippen LogP contribution in [0.2, 0.25) is 0 Å². The van der Waals surface area contributed by atoms with Crippen molar-refractivity contribution in [3.8, 4) is 39.4 Å². The highest BCUT2D eigenvalue weighted by Crippen LogP contribution is 2.35. The molecule has 7 rings (SSSR count). The molecule has 1 aliphatic rings. The average Bonchev–Trinajstić information content (AvgIpc) is 3.65. The van der Waals surface area contributed by atoms with Crippen molar-refractivity contribution in [3.05, 3.63) is 73.1 Å². The maximum absolute atomic E-state index is 14.3. The van der Waals surface area contributed by atoms with Crippen molar-refractivity contribution in [2.75, 3.05) is 25.5 Å². The molecule has 0 saturated carbocycles. The van der Waals surface area contributed by atoms with E-state index in [1.165, 1.54) is 19.2 Å². The number of carbonyl (C=O) groups is 1. The maximum Gasteiger partial charge on any atom is 0.224 e. The normalized spacial score (nSPS) is 13.9. The molecule has 1 amide bonds. The second-order valence-electron chi connectivity index (χ2n) is 10.8. The highest BCUT2D eigenvalue weighted by Gasteiger charge is 2.18. The molecule has 1 aliphatic heterocycles. The molecule has 0 spiro atoms. The van der Waals surface area contributed by atoms with Crippen LogP contribution in [-0.4, -0.2) is 56.2 Å². The number of hydrogen-bond donors (Lipinski definition) is 4. The van der Waals surface area contributed by atoms with Gasteiger partial charge in [-0.05, 0) is 79.4 Å². The third kappa shape index (κ3) is 5.42. The molecule has 0 bridgehead atoms. The third-order valence-corrected chi connectivity index (χ3v) is 7.91. The van der Waals surface area contributed by atoms with Crippen LogP contribution < -0.4 is 15.4 Å². The van der Waals surface area contributed by atoms with Gasteiger partial charge in [0.25, 0.3) is 0 Å². The molecule has 1 aromatic carbocycles. The summed E-state index contributed by atoms with van der Waals surface area (Å²) >= 11 is 0. The smallest absolute Gasteiger partial charge is 0.224 e. The SMILES string of the molecule is COc1cc(F)cc(-c2ccnc3[nH]c(-c4n[nH]c5ncc(-c6cncc(NC(=O)CC7CCNCC7)c6)cc45)cc23)c1. The molecule has 6 aromatic rings. The summed E-state index contributed by atoms with van der Waals surface area (Å²) in [7, 11) is 1.51. The predicted octanol–water partition coefficient (Wildman–Crippen LogP) is 5.71. The summed E-state index contributed by atoms with van der Waals surface area (Å²) < 4.78 is 19.6. The van der Waals surface area contributed by atoms with Crippen molar-refractivity contribution in [3.63, 3.8) is 0 Å². The van der Waals surface area contributed by atoms with Crippen LogP contribution >= 0.6 is 0 Å². The molecule has 5 aromatic heterocycles. The Morgan fingerprint density at radius 2 is 1.84 bits per heavy atom. The minimum Gasteiger partial charge on any atom is -0.497 e. The highest BCUT2D eigenvalue weighted by molar-refractivity contribution is 6.00. The number of hydrogen-bond acceptors (Lipinski definition) is 7. The number of ether oxygens (including phenoxy) is 1. The van der Waals surface area contributed by atoms with E-state index in [-0.39, 0.29) is 11.7 Å². The quantitative estimate of drug-likeness (QED) is 0.191. The van der Waals surface area contributed by atoms with Gasteiger partial charge in [0.2, 0.25) is 5.91 Å². The van der Waals surface area contributed by atoms with E-state index >= 15 is 0 Å². The van der Waals surface area contributed by atoms with Crippen molar-refractivity contribution in [1.29, 1.82) is 0 Å². The maximum atomic E-state index is 14.3. The Morgan fingerprint density at radius 3 is 2.70 bits per heavy atom. The van der Waals surface area contributed by atoms with E-state index in [0.717, 1.165) is 59.1 Å². The largest absolute Gasteiger partial charge is 0.497 e. The molecule has 11 heteroatoms. The number of piperidine rings is 1. The predicted molar refractivity (Wildman–Crippen MR) is 163 cm³/mol. The molecular weight excluding hydrogens is 547 g/mol. The Labute approximate surface area is 246 Å². The molecule has 43 heavy (non-hydrogen) atoms. The minimum atomic E-state index is -0.383. The average molecular weight is 577 g/mol. The van der Waals surface area contributed by atoms with Crippen molar-refractivity contribution < 1.29 is 13.9 Å². The van der Waals surface area contributed by atoms with Crippen LogP contribution in [0.25, 0.3) is 55.7 Å². The standard InChI is InChI=1S/C32H29FN8O2/c1-43-24-11-19(9-22(33)13-24)25-4-7-36-31-26(25)14-28(39-31)30-27-12-21(16-37-32(27)41-40-30)20-10-23(17-35-15-20)38-29(42)8-18-2-5-34-6-3-18/h4,7,9-18,34H,2-3,5-6,8H2,1H3,(H,36,39)(H,38,42)(H,37,40,41). The van der Waals surface area contributed by atoms with Gasteiger partial charge in [0.05, 0.1) is 24.7 Å². The van der Waals surface area contributed by atoms with E-state index in [4.69, 9.17) is 4.74 Å². The van der Waals surface area contributed by atoms with Gasteiger partial charge in [-0.15, -0.1) is 0 Å². The number of nitrogens with one attached hydrogen (secondary N) is 4. The van der Waals surface area contributed by atoms with Crippen LogP contribution in [0.3, 0.4) is 0 Å². The molecule has 0 radical (unpaired) electrons. The molecule has 0 aliphatic carbocycles. The van der Waals surface area contributed by atoms with E-state index in [1.807, 2.05) is 24.3 Å². The molecule has 1 saturated heterocycles. The van der Waals surface area contributed by atoms with E-state index in [2.05, 4.69) is 40.8 Å². The zero-order valence-corrected chi connectivity index (χ0v) is 23.4. The van der Waals surface area contributed by atoms with Crippen LogP contribution in [-0.2, 0) is 4.79 Å². The molecule has 216 valence electrons. The lowest BCUT2D eigenvalue weighted by atomic mass is 9.94. The number of methoxy groups -OCH3 is 1. The zero-order chi connectivity index (χ0) is 29.3. The van der Waals surface area contributed by atoms with Gasteiger partial charge in [0.1, 0.15) is 22.9 Å². The van der Waals surface area contributed by atoms with Crippen LogP contribution in [0.5, 0.6) is 5.75 Å². The fraction of sp³-hybridized carbons (Fsp3) is 0.219. The molecule has 6 heterocycles. The monoisotopic (exact) mass is 576 g/mol. The second-order valence-corrected chi connectivity index (χ2v) is 10.8. The first-order chi connectivity index (χ1) is 21.0. The first-order valence-electron chi connectivity index (χ1n) is 14.2. The lowest BCUT2D eigenvalue weighted by molar-refractivity contribution is -0.117. The van der Waals surface area contributed by atoms with E-state index in [1.54, 1.807) is 30.9 Å². The topological polar surface area (TPSA) is 134 Å². The summed E-state index contributed by atoms with van der Waals surface area (Å²) in [5, 5.41) is 15.5. The number of aromatic amines is 2. The second kappa shape index (κ2) is 11.3. The fourth-order valence-electron chi connectivity index (χ4n) is 5.74. The van der Waals surface area contributed by atoms with Crippen LogP contribution in [0.1, 0.15) is 19.3 Å². The fourth-order valence-corrected chi connectivity index (χ4v) is 5.74. The van der Waals surface area contributed by atoms with E-state index < -0.39 is 0 Å². The minimum absolute atomic E-state index is 0.0000212. The van der Waals surface area contributed by atoms with Gasteiger partial charge in [-0.2, -0.15) is 5.10 Å². The Balaban J connectivity index is 1.20. The zero-order valence-electron chi connectivity index (χ0n) is 23.4. The number of carbonyl (C=O) groups excluding carboxylic acids is 1. The summed E-state index contributed by atoms with van der Waals surface area (Å²) in [5.41, 5.74) is 6.47. The van der Waals surface area contributed by atoms with Gasteiger partial charge < -0.3 is 20.4 Å². The van der Waals surface area contributed by atoms with E-state index in [0.29, 0.717) is 46.3 Å². The summed E-state index contributed by atoms with van der Waals surface area (Å²) in [6.45, 7) is 1.91. The van der Waals surface area contributed by atoms with Gasteiger partial charge in [-0.1, -0.05) is 0 Å². The number of pyridine rings is 3. The summed E-state index contributed by atoms with van der Waals surface area (Å²) in [6, 6.07) is 12.3. The number of benzene rings is 1. The number of fused-ring (bicyclic) bond motifs is 2. The third-order valence-electron chi connectivity index (χ3n) is 7.91. The Morgan fingerprint density at radius 1 is 0.977 bits per heavy atom. The Hall–Kier alpha value is -5.16. The number of amides is 1.